The zero-order valence-corrected chi connectivity index (χ0v) is 13.2. The van der Waals surface area contributed by atoms with Gasteiger partial charge in [0, 0.05) is 16.3 Å². The summed E-state index contributed by atoms with van der Waals surface area (Å²) >= 11 is 4.02. The van der Waals surface area contributed by atoms with Gasteiger partial charge in [-0.15, -0.1) is 11.3 Å². The Balaban J connectivity index is 2.08. The van der Waals surface area contributed by atoms with Crippen LogP contribution in [0.2, 0.25) is 0 Å². The highest BCUT2D eigenvalue weighted by molar-refractivity contribution is 14.1. The molecule has 0 aliphatic rings. The van der Waals surface area contributed by atoms with Crippen molar-refractivity contribution in [2.75, 3.05) is 0 Å². The first kappa shape index (κ1) is 12.2. The Morgan fingerprint density at radius 3 is 2.65 bits per heavy atom. The van der Waals surface area contributed by atoms with Gasteiger partial charge in [0.05, 0.1) is 10.2 Å². The van der Waals surface area contributed by atoms with Crippen LogP contribution in [0.1, 0.15) is 0 Å². The summed E-state index contributed by atoms with van der Waals surface area (Å²) in [4.78, 5) is 13.7. The van der Waals surface area contributed by atoms with E-state index in [1.54, 1.807) is 17.5 Å². The Labute approximate surface area is 132 Å². The van der Waals surface area contributed by atoms with Crippen molar-refractivity contribution >= 4 is 54.2 Å². The molecular formula is C15H8IN3S. The molecule has 96 valence electrons. The van der Waals surface area contributed by atoms with Gasteiger partial charge in [-0.25, -0.2) is 9.97 Å². The summed E-state index contributed by atoms with van der Waals surface area (Å²) in [5, 5.41) is 1.19. The molecule has 0 N–H and O–H groups in total. The minimum Gasteiger partial charge on any atom is -0.253 e. The van der Waals surface area contributed by atoms with Crippen molar-refractivity contribution in [3.63, 3.8) is 0 Å². The largest absolute Gasteiger partial charge is 0.253 e. The molecule has 4 rings (SSSR count). The van der Waals surface area contributed by atoms with Gasteiger partial charge in [-0.3, -0.25) is 4.98 Å². The molecule has 0 saturated carbocycles. The lowest BCUT2D eigenvalue weighted by atomic mass is 10.2. The molecule has 20 heavy (non-hydrogen) atoms. The van der Waals surface area contributed by atoms with E-state index in [1.165, 1.54) is 10.1 Å². The SMILES string of the molecule is Ic1nc(-c2ccccn2)nc2c1sc1ccccc12. The summed E-state index contributed by atoms with van der Waals surface area (Å²) in [5.74, 6) is 0.686. The fraction of sp³-hybridized carbons (Fsp3) is 0. The molecule has 0 radical (unpaired) electrons. The molecular weight excluding hydrogens is 381 g/mol. The number of nitrogens with zero attached hydrogens (tertiary/aromatic N) is 3. The van der Waals surface area contributed by atoms with E-state index in [-0.39, 0.29) is 0 Å². The van der Waals surface area contributed by atoms with Crippen LogP contribution in [0.4, 0.5) is 0 Å². The molecule has 0 amide bonds. The second-order valence-electron chi connectivity index (χ2n) is 4.33. The van der Waals surface area contributed by atoms with Crippen LogP contribution in [-0.2, 0) is 0 Å². The van der Waals surface area contributed by atoms with Crippen molar-refractivity contribution in [2.24, 2.45) is 0 Å². The minimum atomic E-state index is 0.686. The van der Waals surface area contributed by atoms with Crippen LogP contribution in [0, 0.1) is 3.70 Å². The van der Waals surface area contributed by atoms with Gasteiger partial charge in [0.2, 0.25) is 0 Å². The van der Waals surface area contributed by atoms with Crippen LogP contribution in [0.15, 0.2) is 48.7 Å². The molecule has 0 atom stereocenters. The van der Waals surface area contributed by atoms with Crippen molar-refractivity contribution in [3.8, 4) is 11.5 Å². The molecule has 0 spiro atoms. The molecule has 0 saturated heterocycles. The Morgan fingerprint density at radius 2 is 1.80 bits per heavy atom. The smallest absolute Gasteiger partial charge is 0.179 e. The number of thiophene rings is 1. The maximum atomic E-state index is 4.73. The maximum absolute atomic E-state index is 4.73. The van der Waals surface area contributed by atoms with Crippen molar-refractivity contribution in [3.05, 3.63) is 52.4 Å². The third-order valence-electron chi connectivity index (χ3n) is 3.07. The summed E-state index contributed by atoms with van der Waals surface area (Å²) in [6.45, 7) is 0. The molecule has 0 unspecified atom stereocenters. The van der Waals surface area contributed by atoms with Gasteiger partial charge < -0.3 is 0 Å². The Bertz CT molecular complexity index is 918. The first-order valence-corrected chi connectivity index (χ1v) is 7.98. The van der Waals surface area contributed by atoms with E-state index in [9.17, 15) is 0 Å². The summed E-state index contributed by atoms with van der Waals surface area (Å²) in [6, 6.07) is 14.1. The molecule has 0 aliphatic carbocycles. The summed E-state index contributed by atoms with van der Waals surface area (Å²) in [7, 11) is 0. The third-order valence-corrected chi connectivity index (χ3v) is 5.39. The van der Waals surface area contributed by atoms with Crippen LogP contribution < -0.4 is 0 Å². The van der Waals surface area contributed by atoms with Crippen molar-refractivity contribution in [1.82, 2.24) is 15.0 Å². The van der Waals surface area contributed by atoms with E-state index >= 15 is 0 Å². The normalized spacial score (nSPS) is 11.2. The fourth-order valence-electron chi connectivity index (χ4n) is 2.17. The molecule has 0 bridgehead atoms. The number of rotatable bonds is 1. The van der Waals surface area contributed by atoms with E-state index < -0.39 is 0 Å². The standard InChI is InChI=1S/C15H8IN3S/c16-14-13-12(9-5-1-2-7-11(9)20-13)18-15(19-14)10-6-3-4-8-17-10/h1-8H. The van der Waals surface area contributed by atoms with Crippen LogP contribution in [0.5, 0.6) is 0 Å². The number of aromatic nitrogens is 3. The van der Waals surface area contributed by atoms with Gasteiger partial charge in [0.25, 0.3) is 0 Å². The molecule has 4 aromatic rings. The molecule has 3 nitrogen and oxygen atoms in total. The highest BCUT2D eigenvalue weighted by atomic mass is 127. The molecule has 0 fully saturated rings. The monoisotopic (exact) mass is 389 g/mol. The van der Waals surface area contributed by atoms with Crippen molar-refractivity contribution in [2.45, 2.75) is 0 Å². The minimum absolute atomic E-state index is 0.686. The zero-order valence-electron chi connectivity index (χ0n) is 10.2. The second kappa shape index (κ2) is 4.75. The maximum Gasteiger partial charge on any atom is 0.179 e. The lowest BCUT2D eigenvalue weighted by Crippen LogP contribution is -1.93. The Morgan fingerprint density at radius 1 is 0.950 bits per heavy atom. The lowest BCUT2D eigenvalue weighted by Gasteiger charge is -2.01. The number of benzene rings is 1. The first-order chi connectivity index (χ1) is 9.83. The Kier molecular flexibility index (Phi) is 2.89. The number of hydrogen-bond donors (Lipinski definition) is 0. The molecule has 5 heteroatoms. The quantitative estimate of drug-likeness (QED) is 0.355. The fourth-order valence-corrected chi connectivity index (χ4v) is 4.00. The average molecular weight is 389 g/mol. The molecule has 3 heterocycles. The van der Waals surface area contributed by atoms with Crippen molar-refractivity contribution in [1.29, 1.82) is 0 Å². The van der Waals surface area contributed by atoms with Crippen molar-refractivity contribution < 1.29 is 0 Å². The van der Waals surface area contributed by atoms with Gasteiger partial charge in [0.15, 0.2) is 5.82 Å². The van der Waals surface area contributed by atoms with Gasteiger partial charge in [0.1, 0.15) is 9.39 Å². The van der Waals surface area contributed by atoms with E-state index in [2.05, 4.69) is 50.8 Å². The number of fused-ring (bicyclic) bond motifs is 3. The highest BCUT2D eigenvalue weighted by Crippen LogP contribution is 2.35. The van der Waals surface area contributed by atoms with Gasteiger partial charge in [-0.05, 0) is 40.8 Å². The van der Waals surface area contributed by atoms with Crippen LogP contribution in [-0.4, -0.2) is 15.0 Å². The van der Waals surface area contributed by atoms with Crippen LogP contribution in [0.3, 0.4) is 0 Å². The van der Waals surface area contributed by atoms with E-state index in [4.69, 9.17) is 4.98 Å². The predicted molar refractivity (Wildman–Crippen MR) is 90.9 cm³/mol. The zero-order chi connectivity index (χ0) is 13.5. The van der Waals surface area contributed by atoms with E-state index in [1.807, 2.05) is 24.3 Å². The summed E-state index contributed by atoms with van der Waals surface area (Å²) in [6.07, 6.45) is 1.77. The Hall–Kier alpha value is -1.60. The average Bonchev–Trinajstić information content (AvgIpc) is 2.88. The number of hydrogen-bond acceptors (Lipinski definition) is 4. The van der Waals surface area contributed by atoms with Gasteiger partial charge in [-0.2, -0.15) is 0 Å². The summed E-state index contributed by atoms with van der Waals surface area (Å²) < 4.78 is 3.37. The second-order valence-corrected chi connectivity index (χ2v) is 6.40. The highest BCUT2D eigenvalue weighted by Gasteiger charge is 2.13. The molecule has 3 aromatic heterocycles. The van der Waals surface area contributed by atoms with Crippen LogP contribution in [0.25, 0.3) is 31.8 Å². The lowest BCUT2D eigenvalue weighted by molar-refractivity contribution is 1.16. The van der Waals surface area contributed by atoms with Crippen LogP contribution >= 0.6 is 33.9 Å². The van der Waals surface area contributed by atoms with E-state index in [0.29, 0.717) is 5.82 Å². The predicted octanol–water partition coefficient (Wildman–Crippen LogP) is 4.51. The molecule has 0 aliphatic heterocycles. The number of halogens is 1. The van der Waals surface area contributed by atoms with Gasteiger partial charge in [-0.1, -0.05) is 24.3 Å². The van der Waals surface area contributed by atoms with E-state index in [0.717, 1.165) is 19.6 Å². The first-order valence-electron chi connectivity index (χ1n) is 6.09. The van der Waals surface area contributed by atoms with Gasteiger partial charge >= 0.3 is 0 Å². The third kappa shape index (κ3) is 1.89. The summed E-state index contributed by atoms with van der Waals surface area (Å²) in [5.41, 5.74) is 1.83. The molecule has 1 aromatic carbocycles. The topological polar surface area (TPSA) is 38.7 Å². The number of pyridine rings is 1.